The zero-order chi connectivity index (χ0) is 13.0. The summed E-state index contributed by atoms with van der Waals surface area (Å²) in [4.78, 5) is 15.0. The minimum Gasteiger partial charge on any atom is -0.481 e. The fourth-order valence-electron chi connectivity index (χ4n) is 2.52. The van der Waals surface area contributed by atoms with Gasteiger partial charge >= 0.3 is 5.97 Å². The van der Waals surface area contributed by atoms with E-state index in [4.69, 9.17) is 5.11 Å². The molecule has 1 aliphatic carbocycles. The summed E-state index contributed by atoms with van der Waals surface area (Å²) in [6, 6.07) is 2.57. The molecule has 18 heavy (non-hydrogen) atoms. The lowest BCUT2D eigenvalue weighted by Gasteiger charge is -2.26. The number of aliphatic carboxylic acids is 1. The highest BCUT2D eigenvalue weighted by Crippen LogP contribution is 2.24. The molecule has 1 aliphatic rings. The van der Waals surface area contributed by atoms with Crippen LogP contribution in [0.2, 0.25) is 0 Å². The predicted octanol–water partition coefficient (Wildman–Crippen LogP) is 2.12. The Morgan fingerprint density at radius 3 is 2.72 bits per heavy atom. The molecule has 0 amide bonds. The Hall–Kier alpha value is -1.42. The number of carboxylic acids is 1. The van der Waals surface area contributed by atoms with Crippen molar-refractivity contribution in [2.45, 2.75) is 45.2 Å². The third-order valence-corrected chi connectivity index (χ3v) is 3.60. The third-order valence-electron chi connectivity index (χ3n) is 3.60. The number of hydrogen-bond acceptors (Lipinski definition) is 3. The summed E-state index contributed by atoms with van der Waals surface area (Å²) < 4.78 is 0. The van der Waals surface area contributed by atoms with Gasteiger partial charge in [-0.25, -0.2) is 0 Å². The van der Waals surface area contributed by atoms with Gasteiger partial charge in [-0.05, 0) is 43.7 Å². The van der Waals surface area contributed by atoms with Crippen LogP contribution in [0.25, 0.3) is 0 Å². The monoisotopic (exact) mass is 248 g/mol. The molecule has 0 aliphatic heterocycles. The van der Waals surface area contributed by atoms with Gasteiger partial charge in [0.15, 0.2) is 0 Å². The second-order valence-electron chi connectivity index (χ2n) is 5.14. The Kier molecular flexibility index (Phi) is 4.31. The molecule has 0 aromatic carbocycles. The van der Waals surface area contributed by atoms with Crippen LogP contribution in [0.5, 0.6) is 0 Å². The number of hydrogen-bond donors (Lipinski definition) is 2. The topological polar surface area (TPSA) is 62.2 Å². The summed E-state index contributed by atoms with van der Waals surface area (Å²) in [5, 5.41) is 12.4. The van der Waals surface area contributed by atoms with Gasteiger partial charge in [-0.3, -0.25) is 9.78 Å². The van der Waals surface area contributed by atoms with Crippen LogP contribution in [-0.4, -0.2) is 22.1 Å². The van der Waals surface area contributed by atoms with Gasteiger partial charge in [0, 0.05) is 25.0 Å². The molecule has 1 fully saturated rings. The van der Waals surface area contributed by atoms with E-state index in [1.54, 1.807) is 0 Å². The predicted molar refractivity (Wildman–Crippen MR) is 69.2 cm³/mol. The summed E-state index contributed by atoms with van der Waals surface area (Å²) in [5.41, 5.74) is 2.36. The first-order valence-electron chi connectivity index (χ1n) is 6.52. The standard InChI is InChI=1S/C14H20N2O2/c1-10-6-11(8-15-7-10)9-16-13-4-2-12(3-5-13)14(17)18/h6-8,12-13,16H,2-5,9H2,1H3,(H,17,18). The quantitative estimate of drug-likeness (QED) is 0.856. The summed E-state index contributed by atoms with van der Waals surface area (Å²) in [7, 11) is 0. The zero-order valence-electron chi connectivity index (χ0n) is 10.7. The van der Waals surface area contributed by atoms with Gasteiger partial charge in [0.2, 0.25) is 0 Å². The molecular formula is C14H20N2O2. The normalized spacial score (nSPS) is 23.8. The van der Waals surface area contributed by atoms with Crippen molar-refractivity contribution in [1.82, 2.24) is 10.3 Å². The highest BCUT2D eigenvalue weighted by Gasteiger charge is 2.25. The maximum absolute atomic E-state index is 10.8. The van der Waals surface area contributed by atoms with E-state index in [9.17, 15) is 4.79 Å². The van der Waals surface area contributed by atoms with E-state index >= 15 is 0 Å². The Balaban J connectivity index is 1.77. The average Bonchev–Trinajstić information content (AvgIpc) is 2.37. The molecule has 1 heterocycles. The molecule has 2 rings (SSSR count). The first-order valence-corrected chi connectivity index (χ1v) is 6.52. The lowest BCUT2D eigenvalue weighted by Crippen LogP contribution is -2.34. The van der Waals surface area contributed by atoms with Crippen LogP contribution in [0.15, 0.2) is 18.5 Å². The smallest absolute Gasteiger partial charge is 0.306 e. The van der Waals surface area contributed by atoms with Crippen LogP contribution in [0.1, 0.15) is 36.8 Å². The molecule has 98 valence electrons. The summed E-state index contributed by atoms with van der Waals surface area (Å²) in [6.07, 6.45) is 7.22. The number of rotatable bonds is 4. The molecule has 0 saturated heterocycles. The van der Waals surface area contributed by atoms with E-state index in [2.05, 4.69) is 16.4 Å². The average molecular weight is 248 g/mol. The molecule has 0 spiro atoms. The van der Waals surface area contributed by atoms with Crippen LogP contribution in [-0.2, 0) is 11.3 Å². The maximum Gasteiger partial charge on any atom is 0.306 e. The molecule has 4 heteroatoms. The fourth-order valence-corrected chi connectivity index (χ4v) is 2.52. The zero-order valence-corrected chi connectivity index (χ0v) is 10.7. The van der Waals surface area contributed by atoms with Crippen LogP contribution in [0, 0.1) is 12.8 Å². The summed E-state index contributed by atoms with van der Waals surface area (Å²) in [6.45, 7) is 2.85. The van der Waals surface area contributed by atoms with E-state index in [1.807, 2.05) is 19.3 Å². The number of aromatic nitrogens is 1. The number of carboxylic acid groups (broad SMARTS) is 1. The van der Waals surface area contributed by atoms with E-state index in [1.165, 1.54) is 11.1 Å². The van der Waals surface area contributed by atoms with E-state index in [0.29, 0.717) is 6.04 Å². The van der Waals surface area contributed by atoms with Gasteiger partial charge in [0.25, 0.3) is 0 Å². The second kappa shape index (κ2) is 5.96. The first-order chi connectivity index (χ1) is 8.65. The molecule has 0 atom stereocenters. The van der Waals surface area contributed by atoms with Gasteiger partial charge in [0.1, 0.15) is 0 Å². The molecule has 1 aromatic rings. The van der Waals surface area contributed by atoms with Gasteiger partial charge in [-0.15, -0.1) is 0 Å². The molecule has 1 saturated carbocycles. The maximum atomic E-state index is 10.8. The van der Waals surface area contributed by atoms with Crippen molar-refractivity contribution in [3.8, 4) is 0 Å². The number of pyridine rings is 1. The number of nitrogens with zero attached hydrogens (tertiary/aromatic N) is 1. The van der Waals surface area contributed by atoms with Gasteiger partial charge < -0.3 is 10.4 Å². The Labute approximate surface area is 107 Å². The van der Waals surface area contributed by atoms with Crippen molar-refractivity contribution in [3.63, 3.8) is 0 Å². The largest absolute Gasteiger partial charge is 0.481 e. The molecule has 0 unspecified atom stereocenters. The van der Waals surface area contributed by atoms with Gasteiger partial charge in [-0.1, -0.05) is 6.07 Å². The van der Waals surface area contributed by atoms with Crippen molar-refractivity contribution in [2.24, 2.45) is 5.92 Å². The molecular weight excluding hydrogens is 228 g/mol. The minimum atomic E-state index is -0.642. The Bertz CT molecular complexity index is 412. The first kappa shape index (κ1) is 13.0. The van der Waals surface area contributed by atoms with E-state index in [0.717, 1.165) is 32.2 Å². The minimum absolute atomic E-state index is 0.135. The van der Waals surface area contributed by atoms with Crippen molar-refractivity contribution in [1.29, 1.82) is 0 Å². The van der Waals surface area contributed by atoms with Crippen LogP contribution in [0.4, 0.5) is 0 Å². The van der Waals surface area contributed by atoms with Crippen LogP contribution in [0.3, 0.4) is 0 Å². The van der Waals surface area contributed by atoms with Gasteiger partial charge in [0.05, 0.1) is 5.92 Å². The molecule has 0 bridgehead atoms. The molecule has 4 nitrogen and oxygen atoms in total. The summed E-state index contributed by atoms with van der Waals surface area (Å²) >= 11 is 0. The van der Waals surface area contributed by atoms with Gasteiger partial charge in [-0.2, -0.15) is 0 Å². The highest BCUT2D eigenvalue weighted by molar-refractivity contribution is 5.70. The highest BCUT2D eigenvalue weighted by atomic mass is 16.4. The van der Waals surface area contributed by atoms with Crippen LogP contribution < -0.4 is 5.32 Å². The number of nitrogens with one attached hydrogen (secondary N) is 1. The van der Waals surface area contributed by atoms with E-state index in [-0.39, 0.29) is 5.92 Å². The SMILES string of the molecule is Cc1cncc(CNC2CCC(C(=O)O)CC2)c1. The molecule has 0 radical (unpaired) electrons. The Morgan fingerprint density at radius 2 is 2.11 bits per heavy atom. The lowest BCUT2D eigenvalue weighted by molar-refractivity contribution is -0.142. The van der Waals surface area contributed by atoms with Crippen molar-refractivity contribution >= 4 is 5.97 Å². The lowest BCUT2D eigenvalue weighted by atomic mass is 9.86. The molecule has 2 N–H and O–H groups in total. The van der Waals surface area contributed by atoms with Crippen molar-refractivity contribution in [3.05, 3.63) is 29.6 Å². The van der Waals surface area contributed by atoms with Crippen molar-refractivity contribution in [2.75, 3.05) is 0 Å². The number of aryl methyl sites for hydroxylation is 1. The second-order valence-corrected chi connectivity index (χ2v) is 5.14. The van der Waals surface area contributed by atoms with E-state index < -0.39 is 5.97 Å². The Morgan fingerprint density at radius 1 is 1.39 bits per heavy atom. The molecule has 1 aromatic heterocycles. The van der Waals surface area contributed by atoms with Crippen molar-refractivity contribution < 1.29 is 9.90 Å². The fraction of sp³-hybridized carbons (Fsp3) is 0.571. The van der Waals surface area contributed by atoms with Crippen LogP contribution >= 0.6 is 0 Å². The third kappa shape index (κ3) is 3.53. The summed E-state index contributed by atoms with van der Waals surface area (Å²) in [5.74, 6) is -0.778. The number of carbonyl (C=O) groups is 1.